The number of pyridine rings is 1. The second kappa shape index (κ2) is 10.1. The van der Waals surface area contributed by atoms with Crippen LogP contribution < -0.4 is 5.56 Å². The lowest BCUT2D eigenvalue weighted by molar-refractivity contribution is -0.142. The minimum atomic E-state index is -1.10. The van der Waals surface area contributed by atoms with Crippen LogP contribution in [0.3, 0.4) is 0 Å². The number of ether oxygens (including phenoxy) is 1. The van der Waals surface area contributed by atoms with E-state index in [1.165, 1.54) is 12.3 Å². The van der Waals surface area contributed by atoms with Crippen molar-refractivity contribution in [3.8, 4) is 17.2 Å². The van der Waals surface area contributed by atoms with E-state index in [4.69, 9.17) is 27.9 Å². The Morgan fingerprint density at radius 3 is 2.69 bits per heavy atom. The van der Waals surface area contributed by atoms with Gasteiger partial charge < -0.3 is 9.84 Å². The normalized spacial score (nSPS) is 17.5. The van der Waals surface area contributed by atoms with Crippen molar-refractivity contribution >= 4 is 29.2 Å². The lowest BCUT2D eigenvalue weighted by Crippen LogP contribution is -2.35. The molecule has 1 aromatic heterocycles. The average molecular weight is 477 g/mol. The zero-order chi connectivity index (χ0) is 23.5. The maximum absolute atomic E-state index is 13.0. The van der Waals surface area contributed by atoms with Gasteiger partial charge in [-0.2, -0.15) is 5.26 Å². The fourth-order valence-electron chi connectivity index (χ4n) is 4.31. The first kappa shape index (κ1) is 24.3. The highest BCUT2D eigenvalue weighted by atomic mass is 35.5. The molecule has 0 amide bonds. The van der Waals surface area contributed by atoms with Gasteiger partial charge in [-0.3, -0.25) is 9.36 Å². The molecule has 8 heteroatoms. The minimum Gasteiger partial charge on any atom is -0.480 e. The van der Waals surface area contributed by atoms with Gasteiger partial charge in [0.25, 0.3) is 5.56 Å². The molecule has 1 unspecified atom stereocenters. The van der Waals surface area contributed by atoms with Crippen molar-refractivity contribution < 1.29 is 14.6 Å². The van der Waals surface area contributed by atoms with E-state index in [1.54, 1.807) is 18.2 Å². The first-order valence-electron chi connectivity index (χ1n) is 10.6. The number of halogens is 2. The Morgan fingerprint density at radius 1 is 1.31 bits per heavy atom. The Morgan fingerprint density at radius 2 is 2.06 bits per heavy atom. The van der Waals surface area contributed by atoms with Crippen molar-refractivity contribution in [2.45, 2.75) is 58.1 Å². The highest BCUT2D eigenvalue weighted by Crippen LogP contribution is 2.37. The predicted molar refractivity (Wildman–Crippen MR) is 124 cm³/mol. The van der Waals surface area contributed by atoms with Crippen LogP contribution in [0, 0.1) is 16.7 Å². The van der Waals surface area contributed by atoms with Gasteiger partial charge >= 0.3 is 5.97 Å². The Labute approximate surface area is 197 Å². The van der Waals surface area contributed by atoms with Gasteiger partial charge in [0.1, 0.15) is 6.04 Å². The highest BCUT2D eigenvalue weighted by molar-refractivity contribution is 6.33. The average Bonchev–Trinajstić information content (AvgIpc) is 2.74. The Kier molecular flexibility index (Phi) is 7.66. The van der Waals surface area contributed by atoms with E-state index in [0.717, 1.165) is 30.4 Å². The second-order valence-electron chi connectivity index (χ2n) is 9.00. The summed E-state index contributed by atoms with van der Waals surface area (Å²) in [4.78, 5) is 25.1. The Bertz CT molecular complexity index is 1100. The number of carboxylic acid groups (broad SMARTS) is 1. The van der Waals surface area contributed by atoms with Crippen LogP contribution >= 0.6 is 23.2 Å². The van der Waals surface area contributed by atoms with E-state index in [1.807, 2.05) is 13.8 Å². The first-order chi connectivity index (χ1) is 15.1. The smallest absolute Gasteiger partial charge is 0.326 e. The molecule has 2 heterocycles. The molecule has 3 rings (SSSR count). The van der Waals surface area contributed by atoms with E-state index in [-0.39, 0.29) is 23.0 Å². The van der Waals surface area contributed by atoms with Crippen LogP contribution in [0.4, 0.5) is 0 Å². The highest BCUT2D eigenvalue weighted by Gasteiger charge is 2.33. The summed E-state index contributed by atoms with van der Waals surface area (Å²) in [5, 5.41) is 19.9. The summed E-state index contributed by atoms with van der Waals surface area (Å²) in [5.41, 5.74) is 0.209. The number of benzene rings is 1. The number of aliphatic carboxylic acids is 1. The SMILES string of the molecule is CC(C)(CC(C(=O)O)n1cc(Cl)c(-c2cc(Cl)ccc2C#N)cc1=O)C[C@@H]1CCCCO1. The third-order valence-electron chi connectivity index (χ3n) is 5.85. The number of rotatable bonds is 7. The maximum atomic E-state index is 13.0. The van der Waals surface area contributed by atoms with Crippen molar-refractivity contribution in [3.63, 3.8) is 0 Å². The van der Waals surface area contributed by atoms with Gasteiger partial charge in [-0.05, 0) is 55.7 Å². The molecule has 170 valence electrons. The van der Waals surface area contributed by atoms with Crippen LogP contribution in [0.15, 0.2) is 35.3 Å². The molecule has 2 aromatic rings. The van der Waals surface area contributed by atoms with Crippen molar-refractivity contribution in [1.29, 1.82) is 5.26 Å². The molecule has 1 N–H and O–H groups in total. The molecule has 1 fully saturated rings. The summed E-state index contributed by atoms with van der Waals surface area (Å²) < 4.78 is 6.99. The number of hydrogen-bond donors (Lipinski definition) is 1. The third kappa shape index (κ3) is 5.72. The van der Waals surface area contributed by atoms with Crippen molar-refractivity contribution in [3.05, 3.63) is 56.4 Å². The standard InChI is InChI=1S/C24H26Cl2N2O4/c1-24(2,11-17-5-3-4-8-32-17)12-21(23(30)31)28-14-20(26)19(10-22(28)29)18-9-16(25)7-6-15(18)13-27/h6-7,9-10,14,17,21H,3-5,8,11-12H2,1-2H3,(H,30,31)/t17-,21?/m0/s1. The summed E-state index contributed by atoms with van der Waals surface area (Å²) in [6.07, 6.45) is 5.52. The van der Waals surface area contributed by atoms with Crippen LogP contribution in [0.25, 0.3) is 11.1 Å². The number of carbonyl (C=O) groups is 1. The molecule has 1 aromatic carbocycles. The monoisotopic (exact) mass is 476 g/mol. The van der Waals surface area contributed by atoms with Crippen LogP contribution in [0.5, 0.6) is 0 Å². The molecular weight excluding hydrogens is 451 g/mol. The second-order valence-corrected chi connectivity index (χ2v) is 9.84. The van der Waals surface area contributed by atoms with Gasteiger partial charge in [-0.1, -0.05) is 37.0 Å². The van der Waals surface area contributed by atoms with E-state index < -0.39 is 17.6 Å². The van der Waals surface area contributed by atoms with Gasteiger partial charge in [0.2, 0.25) is 0 Å². The molecule has 1 aliphatic heterocycles. The molecule has 0 spiro atoms. The van der Waals surface area contributed by atoms with Crippen LogP contribution in [-0.4, -0.2) is 28.4 Å². The zero-order valence-corrected chi connectivity index (χ0v) is 19.6. The van der Waals surface area contributed by atoms with Crippen molar-refractivity contribution in [2.75, 3.05) is 6.61 Å². The fraction of sp³-hybridized carbons (Fsp3) is 0.458. The first-order valence-corrected chi connectivity index (χ1v) is 11.3. The lowest BCUT2D eigenvalue weighted by atomic mass is 9.79. The van der Waals surface area contributed by atoms with Crippen LogP contribution in [0.1, 0.15) is 57.6 Å². The molecule has 2 atom stereocenters. The summed E-state index contributed by atoms with van der Waals surface area (Å²) in [7, 11) is 0. The Hall–Kier alpha value is -2.33. The Balaban J connectivity index is 1.94. The molecule has 0 saturated carbocycles. The maximum Gasteiger partial charge on any atom is 0.326 e. The van der Waals surface area contributed by atoms with Crippen molar-refractivity contribution in [2.24, 2.45) is 5.41 Å². The zero-order valence-electron chi connectivity index (χ0n) is 18.1. The molecule has 6 nitrogen and oxygen atoms in total. The lowest BCUT2D eigenvalue weighted by Gasteiger charge is -2.34. The topological polar surface area (TPSA) is 92.3 Å². The number of nitriles is 1. The molecule has 0 radical (unpaired) electrons. The third-order valence-corrected chi connectivity index (χ3v) is 6.38. The molecule has 32 heavy (non-hydrogen) atoms. The van der Waals surface area contributed by atoms with Gasteiger partial charge in [-0.15, -0.1) is 0 Å². The van der Waals surface area contributed by atoms with Crippen LogP contribution in [-0.2, 0) is 9.53 Å². The number of aromatic nitrogens is 1. The van der Waals surface area contributed by atoms with Crippen molar-refractivity contribution in [1.82, 2.24) is 4.57 Å². The summed E-state index contributed by atoms with van der Waals surface area (Å²) in [6, 6.07) is 6.94. The van der Waals surface area contributed by atoms with Gasteiger partial charge in [0, 0.05) is 35.0 Å². The molecule has 0 bridgehead atoms. The van der Waals surface area contributed by atoms with Gasteiger partial charge in [0.15, 0.2) is 0 Å². The fourth-order valence-corrected chi connectivity index (χ4v) is 4.74. The number of carboxylic acids is 1. The quantitative estimate of drug-likeness (QED) is 0.553. The molecular formula is C24H26Cl2N2O4. The molecule has 1 aliphatic rings. The summed E-state index contributed by atoms with van der Waals surface area (Å²) in [5.74, 6) is -1.10. The molecule has 1 saturated heterocycles. The van der Waals surface area contributed by atoms with Gasteiger partial charge in [-0.25, -0.2) is 4.79 Å². The van der Waals surface area contributed by atoms with E-state index in [9.17, 15) is 20.0 Å². The van der Waals surface area contributed by atoms with Gasteiger partial charge in [0.05, 0.1) is 22.8 Å². The van der Waals surface area contributed by atoms with E-state index in [0.29, 0.717) is 28.1 Å². The minimum absolute atomic E-state index is 0.100. The van der Waals surface area contributed by atoms with Crippen LogP contribution in [0.2, 0.25) is 10.0 Å². The molecule has 0 aliphatic carbocycles. The van der Waals surface area contributed by atoms with E-state index in [2.05, 4.69) is 6.07 Å². The number of hydrogen-bond acceptors (Lipinski definition) is 4. The summed E-state index contributed by atoms with van der Waals surface area (Å²) in [6.45, 7) is 4.72. The largest absolute Gasteiger partial charge is 0.480 e. The number of nitrogens with zero attached hydrogens (tertiary/aromatic N) is 2. The van der Waals surface area contributed by atoms with E-state index >= 15 is 0 Å². The predicted octanol–water partition coefficient (Wildman–Crippen LogP) is 5.69. The summed E-state index contributed by atoms with van der Waals surface area (Å²) >= 11 is 12.5.